The Kier molecular flexibility index (Phi) is 10.4. The first-order valence-corrected chi connectivity index (χ1v) is 12.4. The average Bonchev–Trinajstić information content (AvgIpc) is 2.77. The van der Waals surface area contributed by atoms with Gasteiger partial charge in [-0.1, -0.05) is 63.9 Å². The van der Waals surface area contributed by atoms with Crippen LogP contribution in [0.4, 0.5) is 0 Å². The normalized spacial score (nSPS) is 16.3. The Hall–Kier alpha value is -1.57. The summed E-state index contributed by atoms with van der Waals surface area (Å²) in [6.07, 6.45) is 30.8. The Morgan fingerprint density at radius 3 is 2.21 bits per heavy atom. The molecule has 0 aromatic carbocycles. The molecule has 0 saturated heterocycles. The Morgan fingerprint density at radius 2 is 1.48 bits per heavy atom. The molecule has 2 aliphatic rings. The summed E-state index contributed by atoms with van der Waals surface area (Å²) in [5.74, 6) is 0. The molecule has 0 N–H and O–H groups in total. The van der Waals surface area contributed by atoms with Gasteiger partial charge in [0.25, 0.3) is 0 Å². The predicted octanol–water partition coefficient (Wildman–Crippen LogP) is 7.62. The van der Waals surface area contributed by atoms with Gasteiger partial charge >= 0.3 is 0 Å². The van der Waals surface area contributed by atoms with Gasteiger partial charge in [-0.05, 0) is 80.0 Å². The molecule has 0 bridgehead atoms. The molecular formula is C27H42N2. The molecule has 160 valence electrons. The van der Waals surface area contributed by atoms with Gasteiger partial charge < -0.3 is 4.90 Å². The number of aryl methyl sites for hydroxylation is 1. The van der Waals surface area contributed by atoms with Crippen molar-refractivity contribution in [3.63, 3.8) is 0 Å². The van der Waals surface area contributed by atoms with Gasteiger partial charge in [0.2, 0.25) is 0 Å². The van der Waals surface area contributed by atoms with Gasteiger partial charge in [-0.15, -0.1) is 0 Å². The van der Waals surface area contributed by atoms with E-state index in [1.807, 2.05) is 18.5 Å². The van der Waals surface area contributed by atoms with E-state index < -0.39 is 0 Å². The van der Waals surface area contributed by atoms with Crippen LogP contribution in [0.2, 0.25) is 0 Å². The van der Waals surface area contributed by atoms with E-state index in [2.05, 4.69) is 28.2 Å². The molecule has 29 heavy (non-hydrogen) atoms. The Bertz CT molecular complexity index is 617. The minimum Gasteiger partial charge on any atom is -0.373 e. The van der Waals surface area contributed by atoms with Crippen molar-refractivity contribution in [1.82, 2.24) is 9.88 Å². The maximum Gasteiger partial charge on any atom is 0.0389 e. The van der Waals surface area contributed by atoms with E-state index >= 15 is 0 Å². The van der Waals surface area contributed by atoms with Crippen molar-refractivity contribution in [2.45, 2.75) is 103 Å². The Labute approximate surface area is 179 Å². The summed E-state index contributed by atoms with van der Waals surface area (Å²) in [6, 6.07) is 4.24. The number of unbranched alkanes of at least 4 members (excludes halogenated alkanes) is 10. The van der Waals surface area contributed by atoms with Crippen molar-refractivity contribution in [2.24, 2.45) is 0 Å². The van der Waals surface area contributed by atoms with Gasteiger partial charge in [-0.25, -0.2) is 0 Å². The van der Waals surface area contributed by atoms with Gasteiger partial charge in [0.1, 0.15) is 0 Å². The lowest BCUT2D eigenvalue weighted by Crippen LogP contribution is -2.25. The standard InChI is InChI=1S/C27H42N2/c1(2-4-6-8-10-15-25-16-14-20-28-23-25)3-5-7-9-13-21-29-22-19-26-17-11-12-18-27(26)24-29/h14,16,19-20,22-23H,1-13,15,17-18,21,24H2. The second kappa shape index (κ2) is 13.6. The molecule has 0 saturated carbocycles. The van der Waals surface area contributed by atoms with E-state index in [1.54, 1.807) is 11.1 Å². The number of aromatic nitrogens is 1. The largest absolute Gasteiger partial charge is 0.373 e. The zero-order valence-electron chi connectivity index (χ0n) is 18.6. The van der Waals surface area contributed by atoms with Crippen LogP contribution >= 0.6 is 0 Å². The van der Waals surface area contributed by atoms with Gasteiger partial charge in [-0.2, -0.15) is 0 Å². The fourth-order valence-electron chi connectivity index (χ4n) is 4.80. The number of pyridine rings is 1. The van der Waals surface area contributed by atoms with Crippen LogP contribution in [0, 0.1) is 0 Å². The van der Waals surface area contributed by atoms with Crippen LogP contribution in [-0.4, -0.2) is 23.0 Å². The fraction of sp³-hybridized carbons (Fsp3) is 0.667. The Balaban J connectivity index is 1.07. The number of nitrogens with zero attached hydrogens (tertiary/aromatic N) is 2. The zero-order valence-corrected chi connectivity index (χ0v) is 18.6. The van der Waals surface area contributed by atoms with Crippen molar-refractivity contribution in [2.75, 3.05) is 13.1 Å². The van der Waals surface area contributed by atoms with Gasteiger partial charge in [0.05, 0.1) is 0 Å². The molecule has 2 heteroatoms. The van der Waals surface area contributed by atoms with E-state index in [0.717, 1.165) is 0 Å². The molecule has 1 aromatic rings. The molecule has 0 unspecified atom stereocenters. The topological polar surface area (TPSA) is 16.1 Å². The number of allylic oxidation sites excluding steroid dienone is 2. The lowest BCUT2D eigenvalue weighted by Gasteiger charge is -2.30. The lowest BCUT2D eigenvalue weighted by atomic mass is 9.90. The summed E-state index contributed by atoms with van der Waals surface area (Å²) in [7, 11) is 0. The number of hydrogen-bond donors (Lipinski definition) is 0. The molecule has 1 aliphatic heterocycles. The minimum absolute atomic E-state index is 1.19. The van der Waals surface area contributed by atoms with Crippen LogP contribution < -0.4 is 0 Å². The zero-order chi connectivity index (χ0) is 20.0. The first kappa shape index (κ1) is 22.1. The highest BCUT2D eigenvalue weighted by Gasteiger charge is 2.16. The summed E-state index contributed by atoms with van der Waals surface area (Å²) in [6.45, 7) is 2.47. The molecule has 0 fully saturated rings. The van der Waals surface area contributed by atoms with E-state index in [9.17, 15) is 0 Å². The minimum atomic E-state index is 1.19. The molecule has 0 spiro atoms. The van der Waals surface area contributed by atoms with Crippen molar-refractivity contribution < 1.29 is 0 Å². The molecule has 0 atom stereocenters. The van der Waals surface area contributed by atoms with Crippen molar-refractivity contribution in [3.05, 3.63) is 53.5 Å². The van der Waals surface area contributed by atoms with Gasteiger partial charge in [0.15, 0.2) is 0 Å². The monoisotopic (exact) mass is 394 g/mol. The maximum atomic E-state index is 4.19. The van der Waals surface area contributed by atoms with E-state index in [0.29, 0.717) is 0 Å². The van der Waals surface area contributed by atoms with Crippen molar-refractivity contribution >= 4 is 0 Å². The second-order valence-corrected chi connectivity index (χ2v) is 9.12. The highest BCUT2D eigenvalue weighted by molar-refractivity contribution is 5.31. The highest BCUT2D eigenvalue weighted by atomic mass is 15.1. The smallest absolute Gasteiger partial charge is 0.0389 e. The maximum absolute atomic E-state index is 4.19. The first-order valence-electron chi connectivity index (χ1n) is 12.4. The van der Waals surface area contributed by atoms with E-state index in [1.165, 1.54) is 121 Å². The number of hydrogen-bond acceptors (Lipinski definition) is 2. The average molecular weight is 395 g/mol. The van der Waals surface area contributed by atoms with Crippen LogP contribution in [0.25, 0.3) is 0 Å². The summed E-state index contributed by atoms with van der Waals surface area (Å²) in [5.41, 5.74) is 4.77. The van der Waals surface area contributed by atoms with E-state index in [-0.39, 0.29) is 0 Å². The molecular weight excluding hydrogens is 352 g/mol. The molecule has 2 nitrogen and oxygen atoms in total. The Morgan fingerprint density at radius 1 is 0.793 bits per heavy atom. The third-order valence-corrected chi connectivity index (χ3v) is 6.64. The third-order valence-electron chi connectivity index (χ3n) is 6.64. The third kappa shape index (κ3) is 8.76. The van der Waals surface area contributed by atoms with Gasteiger partial charge in [-0.3, -0.25) is 4.98 Å². The molecule has 1 aliphatic carbocycles. The second-order valence-electron chi connectivity index (χ2n) is 9.12. The van der Waals surface area contributed by atoms with Crippen LogP contribution in [0.1, 0.15) is 102 Å². The molecule has 1 aromatic heterocycles. The fourth-order valence-corrected chi connectivity index (χ4v) is 4.80. The summed E-state index contributed by atoms with van der Waals surface area (Å²) < 4.78 is 0. The molecule has 3 rings (SSSR count). The molecule has 2 heterocycles. The predicted molar refractivity (Wildman–Crippen MR) is 125 cm³/mol. The quantitative estimate of drug-likeness (QED) is 0.302. The molecule has 0 radical (unpaired) electrons. The lowest BCUT2D eigenvalue weighted by molar-refractivity contribution is 0.372. The van der Waals surface area contributed by atoms with Gasteiger partial charge in [0, 0.05) is 25.5 Å². The van der Waals surface area contributed by atoms with Crippen molar-refractivity contribution in [1.29, 1.82) is 0 Å². The van der Waals surface area contributed by atoms with Crippen LogP contribution in [0.5, 0.6) is 0 Å². The SMILES string of the molecule is C1=CN(CCCCCCCCCCCCCc2cccnc2)CC2=C1CCCC2. The van der Waals surface area contributed by atoms with E-state index in [4.69, 9.17) is 0 Å². The van der Waals surface area contributed by atoms with Crippen LogP contribution in [-0.2, 0) is 6.42 Å². The van der Waals surface area contributed by atoms with Crippen LogP contribution in [0.3, 0.4) is 0 Å². The molecule has 0 amide bonds. The highest BCUT2D eigenvalue weighted by Crippen LogP contribution is 2.29. The summed E-state index contributed by atoms with van der Waals surface area (Å²) in [5, 5.41) is 0. The summed E-state index contributed by atoms with van der Waals surface area (Å²) >= 11 is 0. The summed E-state index contributed by atoms with van der Waals surface area (Å²) in [4.78, 5) is 6.75. The first-order chi connectivity index (χ1) is 14.4. The number of rotatable bonds is 14. The van der Waals surface area contributed by atoms with Crippen molar-refractivity contribution in [3.8, 4) is 0 Å². The van der Waals surface area contributed by atoms with Crippen LogP contribution in [0.15, 0.2) is 47.9 Å².